The molecule has 2 N–H and O–H groups in total. The Hall–Kier alpha value is -2.33. The van der Waals surface area contributed by atoms with Crippen LogP contribution < -0.4 is 15.4 Å². The van der Waals surface area contributed by atoms with Gasteiger partial charge in [-0.1, -0.05) is 18.2 Å². The van der Waals surface area contributed by atoms with E-state index in [9.17, 15) is 4.79 Å². The number of rotatable bonds is 5. The SMILES string of the molecule is COc1cc(C)c(C[C@@H](N)C(=O)N(C)c2ccccc2)c(C)c1. The van der Waals surface area contributed by atoms with Crippen molar-refractivity contribution in [2.75, 3.05) is 19.1 Å². The number of nitrogens with two attached hydrogens (primary N) is 1. The van der Waals surface area contributed by atoms with Crippen LogP contribution in [0.4, 0.5) is 5.69 Å². The third-order valence-corrected chi connectivity index (χ3v) is 4.12. The molecule has 2 rings (SSSR count). The molecule has 122 valence electrons. The maximum Gasteiger partial charge on any atom is 0.243 e. The highest BCUT2D eigenvalue weighted by Crippen LogP contribution is 2.23. The Labute approximate surface area is 137 Å². The Bertz CT molecular complexity index is 660. The Morgan fingerprint density at radius 1 is 1.17 bits per heavy atom. The zero-order valence-electron chi connectivity index (χ0n) is 14.2. The number of hydrogen-bond acceptors (Lipinski definition) is 3. The molecule has 0 spiro atoms. The maximum atomic E-state index is 12.6. The predicted molar refractivity (Wildman–Crippen MR) is 94.0 cm³/mol. The average molecular weight is 312 g/mol. The number of methoxy groups -OCH3 is 1. The van der Waals surface area contributed by atoms with Crippen molar-refractivity contribution in [1.82, 2.24) is 0 Å². The van der Waals surface area contributed by atoms with Gasteiger partial charge in [0.15, 0.2) is 0 Å². The first-order valence-electron chi connectivity index (χ1n) is 7.66. The average Bonchev–Trinajstić information content (AvgIpc) is 2.57. The molecule has 1 atom stereocenters. The molecule has 23 heavy (non-hydrogen) atoms. The van der Waals surface area contributed by atoms with Crippen LogP contribution in [0.25, 0.3) is 0 Å². The molecule has 0 heterocycles. The summed E-state index contributed by atoms with van der Waals surface area (Å²) < 4.78 is 5.27. The lowest BCUT2D eigenvalue weighted by Crippen LogP contribution is -2.43. The summed E-state index contributed by atoms with van der Waals surface area (Å²) >= 11 is 0. The number of anilines is 1. The number of amides is 1. The first-order chi connectivity index (χ1) is 10.9. The third kappa shape index (κ3) is 3.90. The number of ether oxygens (including phenoxy) is 1. The van der Waals surface area contributed by atoms with E-state index in [1.165, 1.54) is 0 Å². The van der Waals surface area contributed by atoms with Crippen LogP contribution in [-0.4, -0.2) is 26.1 Å². The van der Waals surface area contributed by atoms with Crippen LogP contribution in [0.2, 0.25) is 0 Å². The molecule has 0 aromatic heterocycles. The lowest BCUT2D eigenvalue weighted by atomic mass is 9.95. The lowest BCUT2D eigenvalue weighted by Gasteiger charge is -2.22. The third-order valence-electron chi connectivity index (χ3n) is 4.12. The number of carbonyl (C=O) groups is 1. The highest BCUT2D eigenvalue weighted by molar-refractivity contribution is 5.96. The lowest BCUT2D eigenvalue weighted by molar-refractivity contribution is -0.119. The molecule has 0 unspecified atom stereocenters. The van der Waals surface area contributed by atoms with E-state index in [2.05, 4.69) is 0 Å². The smallest absolute Gasteiger partial charge is 0.243 e. The number of benzene rings is 2. The van der Waals surface area contributed by atoms with E-state index in [1.807, 2.05) is 56.3 Å². The Morgan fingerprint density at radius 2 is 1.74 bits per heavy atom. The van der Waals surface area contributed by atoms with Gasteiger partial charge in [0.1, 0.15) is 5.75 Å². The summed E-state index contributed by atoms with van der Waals surface area (Å²) in [5, 5.41) is 0. The zero-order valence-corrected chi connectivity index (χ0v) is 14.2. The van der Waals surface area contributed by atoms with Gasteiger partial charge in [0.25, 0.3) is 0 Å². The number of carbonyl (C=O) groups excluding carboxylic acids is 1. The number of para-hydroxylation sites is 1. The fourth-order valence-electron chi connectivity index (χ4n) is 2.73. The molecule has 0 aliphatic heterocycles. The van der Waals surface area contributed by atoms with E-state index in [4.69, 9.17) is 10.5 Å². The summed E-state index contributed by atoms with van der Waals surface area (Å²) in [7, 11) is 3.41. The second-order valence-corrected chi connectivity index (χ2v) is 5.78. The summed E-state index contributed by atoms with van der Waals surface area (Å²) in [5.41, 5.74) is 10.3. The van der Waals surface area contributed by atoms with Crippen molar-refractivity contribution >= 4 is 11.6 Å². The van der Waals surface area contributed by atoms with Crippen molar-refractivity contribution in [2.45, 2.75) is 26.3 Å². The highest BCUT2D eigenvalue weighted by atomic mass is 16.5. The summed E-state index contributed by atoms with van der Waals surface area (Å²) in [6, 6.07) is 12.9. The second kappa shape index (κ2) is 7.29. The number of hydrogen-bond donors (Lipinski definition) is 1. The molecule has 0 aliphatic carbocycles. The highest BCUT2D eigenvalue weighted by Gasteiger charge is 2.21. The van der Waals surface area contributed by atoms with Crippen molar-refractivity contribution in [3.63, 3.8) is 0 Å². The maximum absolute atomic E-state index is 12.6. The largest absolute Gasteiger partial charge is 0.497 e. The second-order valence-electron chi connectivity index (χ2n) is 5.78. The van der Waals surface area contributed by atoms with Gasteiger partial charge in [0.2, 0.25) is 5.91 Å². The minimum absolute atomic E-state index is 0.0918. The van der Waals surface area contributed by atoms with Gasteiger partial charge in [0, 0.05) is 12.7 Å². The molecular weight excluding hydrogens is 288 g/mol. The summed E-state index contributed by atoms with van der Waals surface area (Å²) in [6.45, 7) is 4.03. The molecule has 0 saturated carbocycles. The number of nitrogens with zero attached hydrogens (tertiary/aromatic N) is 1. The normalized spacial score (nSPS) is 11.9. The summed E-state index contributed by atoms with van der Waals surface area (Å²) in [4.78, 5) is 14.2. The van der Waals surface area contributed by atoms with E-state index in [-0.39, 0.29) is 5.91 Å². The van der Waals surface area contributed by atoms with Crippen molar-refractivity contribution < 1.29 is 9.53 Å². The van der Waals surface area contributed by atoms with Crippen molar-refractivity contribution in [1.29, 1.82) is 0 Å². The van der Waals surface area contributed by atoms with Crippen LogP contribution in [0.1, 0.15) is 16.7 Å². The van der Waals surface area contributed by atoms with Gasteiger partial charge in [-0.3, -0.25) is 4.79 Å². The van der Waals surface area contributed by atoms with E-state index >= 15 is 0 Å². The Morgan fingerprint density at radius 3 is 2.26 bits per heavy atom. The Kier molecular flexibility index (Phi) is 5.40. The molecule has 4 nitrogen and oxygen atoms in total. The van der Waals surface area contributed by atoms with Crippen molar-refractivity contribution in [2.24, 2.45) is 5.73 Å². The molecule has 0 radical (unpaired) electrons. The first-order valence-corrected chi connectivity index (χ1v) is 7.66. The topological polar surface area (TPSA) is 55.6 Å². The van der Waals surface area contributed by atoms with Crippen molar-refractivity contribution in [3.05, 3.63) is 59.2 Å². The van der Waals surface area contributed by atoms with E-state index in [1.54, 1.807) is 19.1 Å². The van der Waals surface area contributed by atoms with Crippen LogP contribution >= 0.6 is 0 Å². The van der Waals surface area contributed by atoms with Gasteiger partial charge in [-0.25, -0.2) is 0 Å². The monoisotopic (exact) mass is 312 g/mol. The number of aryl methyl sites for hydroxylation is 2. The van der Waals surface area contributed by atoms with Gasteiger partial charge in [0.05, 0.1) is 13.2 Å². The van der Waals surface area contributed by atoms with Gasteiger partial charge in [-0.05, 0) is 61.2 Å². The van der Waals surface area contributed by atoms with Gasteiger partial charge in [-0.2, -0.15) is 0 Å². The molecule has 2 aromatic rings. The molecule has 0 aliphatic rings. The molecule has 4 heteroatoms. The van der Waals surface area contributed by atoms with E-state index in [0.717, 1.165) is 28.1 Å². The van der Waals surface area contributed by atoms with Crippen molar-refractivity contribution in [3.8, 4) is 5.75 Å². The fraction of sp³-hybridized carbons (Fsp3) is 0.316. The molecular formula is C19H24N2O2. The molecule has 0 bridgehead atoms. The minimum Gasteiger partial charge on any atom is -0.497 e. The van der Waals surface area contributed by atoms with Crippen LogP contribution in [0, 0.1) is 13.8 Å². The molecule has 0 fully saturated rings. The van der Waals surface area contributed by atoms with Gasteiger partial charge in [-0.15, -0.1) is 0 Å². The number of likely N-dealkylation sites (N-methyl/N-ethyl adjacent to an activating group) is 1. The predicted octanol–water partition coefficient (Wildman–Crippen LogP) is 2.84. The van der Waals surface area contributed by atoms with E-state index < -0.39 is 6.04 Å². The molecule has 1 amide bonds. The van der Waals surface area contributed by atoms with Gasteiger partial charge < -0.3 is 15.4 Å². The zero-order chi connectivity index (χ0) is 17.0. The van der Waals surface area contributed by atoms with Crippen LogP contribution in [0.15, 0.2) is 42.5 Å². The minimum atomic E-state index is -0.578. The molecule has 2 aromatic carbocycles. The van der Waals surface area contributed by atoms with Crippen LogP contribution in [-0.2, 0) is 11.2 Å². The van der Waals surface area contributed by atoms with E-state index in [0.29, 0.717) is 6.42 Å². The standard InChI is InChI=1S/C19H24N2O2/c1-13-10-16(23-4)11-14(2)17(13)12-18(20)19(22)21(3)15-8-6-5-7-9-15/h5-11,18H,12,20H2,1-4H3/t18-/m1/s1. The summed E-state index contributed by atoms with van der Waals surface area (Å²) in [5.74, 6) is 0.732. The summed E-state index contributed by atoms with van der Waals surface area (Å²) in [6.07, 6.45) is 0.512. The van der Waals surface area contributed by atoms with Crippen LogP contribution in [0.3, 0.4) is 0 Å². The van der Waals surface area contributed by atoms with Crippen LogP contribution in [0.5, 0.6) is 5.75 Å². The van der Waals surface area contributed by atoms with Gasteiger partial charge >= 0.3 is 0 Å². The molecule has 0 saturated heterocycles. The fourth-order valence-corrected chi connectivity index (χ4v) is 2.73. The Balaban J connectivity index is 2.16. The first kappa shape index (κ1) is 17.0. The quantitative estimate of drug-likeness (QED) is 0.923.